The smallest absolute Gasteiger partial charge is 0.119 e. The largest absolute Gasteiger partial charge is 0.494 e. The highest BCUT2D eigenvalue weighted by atomic mass is 16.5. The third-order valence-electron chi connectivity index (χ3n) is 2.18. The average Bonchev–Trinajstić information content (AvgIpc) is 2.19. The fraction of sp³-hybridized carbons (Fsp3) is 0.500. The van der Waals surface area contributed by atoms with E-state index in [1.165, 1.54) is 5.56 Å². The Morgan fingerprint density at radius 2 is 2.14 bits per heavy atom. The zero-order chi connectivity index (χ0) is 10.4. The molecule has 0 unspecified atom stereocenters. The molecule has 0 heterocycles. The fourth-order valence-electron chi connectivity index (χ4n) is 1.46. The first-order valence-corrected chi connectivity index (χ1v) is 5.24. The van der Waals surface area contributed by atoms with Crippen molar-refractivity contribution in [1.82, 2.24) is 5.32 Å². The summed E-state index contributed by atoms with van der Waals surface area (Å²) >= 11 is 0. The van der Waals surface area contributed by atoms with Crippen molar-refractivity contribution in [2.75, 3.05) is 13.2 Å². The van der Waals surface area contributed by atoms with Crippen LogP contribution in [0.25, 0.3) is 0 Å². The number of hydrogen-bond donors (Lipinski definition) is 1. The highest BCUT2D eigenvalue weighted by Crippen LogP contribution is 2.18. The van der Waals surface area contributed by atoms with Crippen LogP contribution in [0.2, 0.25) is 0 Å². The molecule has 14 heavy (non-hydrogen) atoms. The second-order valence-electron chi connectivity index (χ2n) is 3.28. The summed E-state index contributed by atoms with van der Waals surface area (Å²) in [4.78, 5) is 0. The van der Waals surface area contributed by atoms with Crippen molar-refractivity contribution in [3.05, 3.63) is 29.8 Å². The Bertz CT molecular complexity index is 273. The van der Waals surface area contributed by atoms with E-state index in [-0.39, 0.29) is 0 Å². The molecule has 0 spiro atoms. The van der Waals surface area contributed by atoms with E-state index in [2.05, 4.69) is 31.3 Å². The summed E-state index contributed by atoms with van der Waals surface area (Å²) in [5.74, 6) is 0.953. The molecule has 0 aromatic heterocycles. The lowest BCUT2D eigenvalue weighted by molar-refractivity contribution is 0.339. The number of rotatable bonds is 5. The summed E-state index contributed by atoms with van der Waals surface area (Å²) < 4.78 is 5.45. The SMILES string of the molecule is CCN[C@H](C)c1cccc(OCC)c1. The van der Waals surface area contributed by atoms with Gasteiger partial charge in [-0.25, -0.2) is 0 Å². The van der Waals surface area contributed by atoms with E-state index in [9.17, 15) is 0 Å². The van der Waals surface area contributed by atoms with Gasteiger partial charge >= 0.3 is 0 Å². The Morgan fingerprint density at radius 1 is 1.36 bits per heavy atom. The van der Waals surface area contributed by atoms with Gasteiger partial charge in [0.25, 0.3) is 0 Å². The Balaban J connectivity index is 2.71. The molecule has 1 aromatic rings. The highest BCUT2D eigenvalue weighted by molar-refractivity contribution is 5.30. The molecule has 0 fully saturated rings. The van der Waals surface area contributed by atoms with Crippen molar-refractivity contribution in [3.63, 3.8) is 0 Å². The molecule has 0 amide bonds. The maximum Gasteiger partial charge on any atom is 0.119 e. The monoisotopic (exact) mass is 193 g/mol. The van der Waals surface area contributed by atoms with Crippen molar-refractivity contribution < 1.29 is 4.74 Å². The zero-order valence-electron chi connectivity index (χ0n) is 9.21. The summed E-state index contributed by atoms with van der Waals surface area (Å²) in [6, 6.07) is 8.63. The van der Waals surface area contributed by atoms with Gasteiger partial charge in [0, 0.05) is 6.04 Å². The fourth-order valence-corrected chi connectivity index (χ4v) is 1.46. The molecular formula is C12H19NO. The Morgan fingerprint density at radius 3 is 2.79 bits per heavy atom. The Labute approximate surface area is 86.3 Å². The molecule has 0 saturated heterocycles. The third-order valence-corrected chi connectivity index (χ3v) is 2.18. The van der Waals surface area contributed by atoms with E-state index >= 15 is 0 Å². The van der Waals surface area contributed by atoms with E-state index in [0.717, 1.165) is 18.9 Å². The standard InChI is InChI=1S/C12H19NO/c1-4-13-10(3)11-7-6-8-12(9-11)14-5-2/h6-10,13H,4-5H2,1-3H3/t10-/m1/s1. The quantitative estimate of drug-likeness (QED) is 0.776. The second kappa shape index (κ2) is 5.66. The number of ether oxygens (including phenoxy) is 1. The Hall–Kier alpha value is -1.02. The Kier molecular flexibility index (Phi) is 4.47. The predicted molar refractivity (Wildman–Crippen MR) is 59.7 cm³/mol. The van der Waals surface area contributed by atoms with Crippen molar-refractivity contribution in [2.45, 2.75) is 26.8 Å². The van der Waals surface area contributed by atoms with Crippen LogP contribution in [0.15, 0.2) is 24.3 Å². The first-order valence-electron chi connectivity index (χ1n) is 5.24. The van der Waals surface area contributed by atoms with E-state index in [1.54, 1.807) is 0 Å². The lowest BCUT2D eigenvalue weighted by atomic mass is 10.1. The molecule has 2 nitrogen and oxygen atoms in total. The molecule has 78 valence electrons. The van der Waals surface area contributed by atoms with Crippen LogP contribution >= 0.6 is 0 Å². The van der Waals surface area contributed by atoms with Gasteiger partial charge in [-0.1, -0.05) is 19.1 Å². The summed E-state index contributed by atoms with van der Waals surface area (Å²) in [5.41, 5.74) is 1.28. The molecule has 0 aliphatic carbocycles. The highest BCUT2D eigenvalue weighted by Gasteiger charge is 2.03. The van der Waals surface area contributed by atoms with Crippen LogP contribution in [0, 0.1) is 0 Å². The minimum Gasteiger partial charge on any atom is -0.494 e. The molecule has 1 rings (SSSR count). The molecular weight excluding hydrogens is 174 g/mol. The van der Waals surface area contributed by atoms with Gasteiger partial charge in [-0.05, 0) is 38.1 Å². The van der Waals surface area contributed by atoms with E-state index in [4.69, 9.17) is 4.74 Å². The maximum atomic E-state index is 5.45. The number of benzene rings is 1. The van der Waals surface area contributed by atoms with Gasteiger partial charge in [0.1, 0.15) is 5.75 Å². The minimum atomic E-state index is 0.389. The molecule has 0 aliphatic heterocycles. The molecule has 1 N–H and O–H groups in total. The average molecular weight is 193 g/mol. The lowest BCUT2D eigenvalue weighted by Gasteiger charge is -2.13. The summed E-state index contributed by atoms with van der Waals surface area (Å²) in [5, 5.41) is 3.38. The van der Waals surface area contributed by atoms with E-state index in [1.807, 2.05) is 19.1 Å². The molecule has 2 heteroatoms. The molecule has 0 radical (unpaired) electrons. The van der Waals surface area contributed by atoms with Crippen molar-refractivity contribution >= 4 is 0 Å². The first-order chi connectivity index (χ1) is 6.77. The molecule has 0 bridgehead atoms. The number of hydrogen-bond acceptors (Lipinski definition) is 2. The molecule has 1 aromatic carbocycles. The van der Waals surface area contributed by atoms with Gasteiger partial charge in [0.05, 0.1) is 6.61 Å². The normalized spacial score (nSPS) is 12.5. The van der Waals surface area contributed by atoms with Gasteiger partial charge < -0.3 is 10.1 Å². The maximum absolute atomic E-state index is 5.45. The minimum absolute atomic E-state index is 0.389. The summed E-state index contributed by atoms with van der Waals surface area (Å²) in [7, 11) is 0. The van der Waals surface area contributed by atoms with Crippen LogP contribution in [-0.2, 0) is 0 Å². The van der Waals surface area contributed by atoms with Crippen molar-refractivity contribution in [1.29, 1.82) is 0 Å². The molecule has 1 atom stereocenters. The predicted octanol–water partition coefficient (Wildman–Crippen LogP) is 2.76. The van der Waals surface area contributed by atoms with Gasteiger partial charge in [-0.2, -0.15) is 0 Å². The third kappa shape index (κ3) is 3.04. The van der Waals surface area contributed by atoms with Gasteiger partial charge in [-0.3, -0.25) is 0 Å². The zero-order valence-corrected chi connectivity index (χ0v) is 9.21. The first kappa shape index (κ1) is 11.1. The molecule has 0 aliphatic rings. The van der Waals surface area contributed by atoms with Crippen LogP contribution < -0.4 is 10.1 Å². The van der Waals surface area contributed by atoms with Crippen molar-refractivity contribution in [2.24, 2.45) is 0 Å². The topological polar surface area (TPSA) is 21.3 Å². The van der Waals surface area contributed by atoms with E-state index < -0.39 is 0 Å². The molecule has 0 saturated carbocycles. The lowest BCUT2D eigenvalue weighted by Crippen LogP contribution is -2.17. The summed E-state index contributed by atoms with van der Waals surface area (Å²) in [6.07, 6.45) is 0. The summed E-state index contributed by atoms with van der Waals surface area (Å²) in [6.45, 7) is 7.98. The van der Waals surface area contributed by atoms with Crippen LogP contribution in [-0.4, -0.2) is 13.2 Å². The number of nitrogens with one attached hydrogen (secondary N) is 1. The second-order valence-corrected chi connectivity index (χ2v) is 3.28. The van der Waals surface area contributed by atoms with Crippen LogP contribution in [0.1, 0.15) is 32.4 Å². The van der Waals surface area contributed by atoms with Crippen LogP contribution in [0.3, 0.4) is 0 Å². The van der Waals surface area contributed by atoms with Gasteiger partial charge in [0.2, 0.25) is 0 Å². The van der Waals surface area contributed by atoms with Gasteiger partial charge in [0.15, 0.2) is 0 Å². The van der Waals surface area contributed by atoms with E-state index in [0.29, 0.717) is 6.04 Å². The van der Waals surface area contributed by atoms with Crippen LogP contribution in [0.5, 0.6) is 5.75 Å². The van der Waals surface area contributed by atoms with Crippen LogP contribution in [0.4, 0.5) is 0 Å². The van der Waals surface area contributed by atoms with Gasteiger partial charge in [-0.15, -0.1) is 0 Å². The van der Waals surface area contributed by atoms with Crippen molar-refractivity contribution in [3.8, 4) is 5.75 Å².